The number of aromatic nitrogens is 4. The number of nitrogens with zero attached hydrogens (tertiary/aromatic N) is 4. The highest BCUT2D eigenvalue weighted by Gasteiger charge is 2.15. The molecule has 3 heterocycles. The number of anilines is 1. The number of imidazole rings is 1. The predicted octanol–water partition coefficient (Wildman–Crippen LogP) is 2.55. The van der Waals surface area contributed by atoms with Gasteiger partial charge in [-0.1, -0.05) is 6.07 Å². The van der Waals surface area contributed by atoms with Crippen molar-refractivity contribution >= 4 is 17.0 Å². The van der Waals surface area contributed by atoms with E-state index in [2.05, 4.69) is 48.4 Å². The monoisotopic (exact) mass is 366 g/mol. The molecule has 0 amide bonds. The van der Waals surface area contributed by atoms with Crippen LogP contribution in [0.1, 0.15) is 29.8 Å². The summed E-state index contributed by atoms with van der Waals surface area (Å²) >= 11 is 0. The van der Waals surface area contributed by atoms with E-state index in [1.807, 2.05) is 26.4 Å². The molecule has 1 aliphatic rings. The Morgan fingerprint density at radius 1 is 1.19 bits per heavy atom. The molecular formula is C20H26N6O. The van der Waals surface area contributed by atoms with Crippen LogP contribution in [0.15, 0.2) is 30.6 Å². The van der Waals surface area contributed by atoms with Crippen LogP contribution in [-0.4, -0.2) is 38.8 Å². The van der Waals surface area contributed by atoms with E-state index < -0.39 is 0 Å². The Hall–Kier alpha value is -2.51. The molecule has 0 saturated carbocycles. The van der Waals surface area contributed by atoms with E-state index in [1.54, 1.807) is 0 Å². The van der Waals surface area contributed by atoms with Gasteiger partial charge in [-0.25, -0.2) is 15.0 Å². The molecule has 2 aromatic heterocycles. The topological polar surface area (TPSA) is 76.9 Å². The van der Waals surface area contributed by atoms with Gasteiger partial charge in [0, 0.05) is 51.2 Å². The summed E-state index contributed by atoms with van der Waals surface area (Å²) in [5, 5.41) is 6.69. The molecule has 2 N–H and O–H groups in total. The lowest BCUT2D eigenvalue weighted by Crippen LogP contribution is -2.19. The summed E-state index contributed by atoms with van der Waals surface area (Å²) in [4.78, 5) is 13.4. The zero-order chi connectivity index (χ0) is 18.6. The summed E-state index contributed by atoms with van der Waals surface area (Å²) in [6.07, 6.45) is 6.27. The molecular weight excluding hydrogens is 340 g/mol. The van der Waals surface area contributed by atoms with Crippen molar-refractivity contribution in [3.63, 3.8) is 0 Å². The zero-order valence-electron chi connectivity index (χ0n) is 15.9. The van der Waals surface area contributed by atoms with Gasteiger partial charge < -0.3 is 19.9 Å². The van der Waals surface area contributed by atoms with E-state index in [9.17, 15) is 0 Å². The van der Waals surface area contributed by atoms with Crippen molar-refractivity contribution < 1.29 is 4.74 Å². The van der Waals surface area contributed by atoms with E-state index in [0.29, 0.717) is 5.95 Å². The molecule has 1 atom stereocenters. The Balaban J connectivity index is 1.27. The quantitative estimate of drug-likeness (QED) is 0.669. The maximum atomic E-state index is 5.59. The third kappa shape index (κ3) is 4.26. The van der Waals surface area contributed by atoms with Crippen LogP contribution >= 0.6 is 0 Å². The molecule has 0 radical (unpaired) electrons. The molecule has 0 aliphatic carbocycles. The number of benzene rings is 1. The fraction of sp³-hybridized carbons (Fsp3) is 0.450. The molecule has 7 heteroatoms. The zero-order valence-corrected chi connectivity index (χ0v) is 15.9. The largest absolute Gasteiger partial charge is 0.376 e. The highest BCUT2D eigenvalue weighted by molar-refractivity contribution is 5.76. The van der Waals surface area contributed by atoms with Crippen molar-refractivity contribution in [3.05, 3.63) is 47.5 Å². The van der Waals surface area contributed by atoms with Gasteiger partial charge in [0.25, 0.3) is 0 Å². The SMILES string of the molecule is Cc1nc2cc(CNCc3cnc(NCC4CCCO4)nc3)ccc2n1C. The van der Waals surface area contributed by atoms with E-state index in [0.717, 1.165) is 61.5 Å². The molecule has 1 saturated heterocycles. The van der Waals surface area contributed by atoms with Crippen LogP contribution in [0.25, 0.3) is 11.0 Å². The Morgan fingerprint density at radius 3 is 2.78 bits per heavy atom. The lowest BCUT2D eigenvalue weighted by molar-refractivity contribution is 0.120. The minimum atomic E-state index is 0.287. The first-order valence-electron chi connectivity index (χ1n) is 9.48. The van der Waals surface area contributed by atoms with Crippen molar-refractivity contribution in [1.29, 1.82) is 0 Å². The third-order valence-corrected chi connectivity index (χ3v) is 5.04. The minimum absolute atomic E-state index is 0.287. The summed E-state index contributed by atoms with van der Waals surface area (Å²) in [7, 11) is 2.04. The molecule has 3 aromatic rings. The highest BCUT2D eigenvalue weighted by atomic mass is 16.5. The average Bonchev–Trinajstić information content (AvgIpc) is 3.29. The molecule has 27 heavy (non-hydrogen) atoms. The molecule has 1 unspecified atom stereocenters. The number of hydrogen-bond donors (Lipinski definition) is 2. The van der Waals surface area contributed by atoms with Crippen LogP contribution in [-0.2, 0) is 24.9 Å². The van der Waals surface area contributed by atoms with Gasteiger partial charge in [-0.05, 0) is 37.5 Å². The van der Waals surface area contributed by atoms with Crippen molar-refractivity contribution in [2.45, 2.75) is 39.0 Å². The van der Waals surface area contributed by atoms with Crippen LogP contribution in [0.4, 0.5) is 5.95 Å². The Kier molecular flexibility index (Phi) is 5.31. The first-order valence-corrected chi connectivity index (χ1v) is 9.48. The Bertz CT molecular complexity index is 899. The molecule has 7 nitrogen and oxygen atoms in total. The van der Waals surface area contributed by atoms with Gasteiger partial charge in [-0.15, -0.1) is 0 Å². The second-order valence-corrected chi connectivity index (χ2v) is 7.08. The van der Waals surface area contributed by atoms with Gasteiger partial charge in [0.1, 0.15) is 5.82 Å². The number of hydrogen-bond acceptors (Lipinski definition) is 6. The van der Waals surface area contributed by atoms with Crippen molar-refractivity contribution in [2.24, 2.45) is 7.05 Å². The highest BCUT2D eigenvalue weighted by Crippen LogP contribution is 2.16. The number of aryl methyl sites for hydroxylation is 2. The fourth-order valence-corrected chi connectivity index (χ4v) is 3.37. The molecule has 142 valence electrons. The normalized spacial score (nSPS) is 16.9. The summed E-state index contributed by atoms with van der Waals surface area (Å²) in [5.41, 5.74) is 4.49. The number of fused-ring (bicyclic) bond motifs is 1. The lowest BCUT2D eigenvalue weighted by atomic mass is 10.2. The van der Waals surface area contributed by atoms with Crippen LogP contribution < -0.4 is 10.6 Å². The summed E-state index contributed by atoms with van der Waals surface area (Å²) in [6.45, 7) is 5.17. The molecule has 1 aromatic carbocycles. The van der Waals surface area contributed by atoms with E-state index in [-0.39, 0.29) is 6.10 Å². The molecule has 1 fully saturated rings. The van der Waals surface area contributed by atoms with Gasteiger partial charge in [0.05, 0.1) is 17.1 Å². The number of rotatable bonds is 7. The van der Waals surface area contributed by atoms with Crippen LogP contribution in [0.2, 0.25) is 0 Å². The second-order valence-electron chi connectivity index (χ2n) is 7.08. The molecule has 4 rings (SSSR count). The first-order chi connectivity index (χ1) is 13.2. The minimum Gasteiger partial charge on any atom is -0.376 e. The van der Waals surface area contributed by atoms with Gasteiger partial charge in [0.15, 0.2) is 0 Å². The first kappa shape index (κ1) is 17.9. The van der Waals surface area contributed by atoms with Gasteiger partial charge in [0.2, 0.25) is 5.95 Å². The second kappa shape index (κ2) is 8.02. The number of nitrogens with one attached hydrogen (secondary N) is 2. The summed E-state index contributed by atoms with van der Waals surface area (Å²) < 4.78 is 7.70. The maximum Gasteiger partial charge on any atom is 0.222 e. The van der Waals surface area contributed by atoms with Crippen LogP contribution in [0.5, 0.6) is 0 Å². The van der Waals surface area contributed by atoms with Gasteiger partial charge in [-0.2, -0.15) is 0 Å². The smallest absolute Gasteiger partial charge is 0.222 e. The average molecular weight is 366 g/mol. The van der Waals surface area contributed by atoms with Crippen molar-refractivity contribution in [1.82, 2.24) is 24.8 Å². The van der Waals surface area contributed by atoms with Crippen LogP contribution in [0.3, 0.4) is 0 Å². The Labute approximate surface area is 159 Å². The van der Waals surface area contributed by atoms with Crippen LogP contribution in [0, 0.1) is 6.92 Å². The lowest BCUT2D eigenvalue weighted by Gasteiger charge is -2.10. The summed E-state index contributed by atoms with van der Waals surface area (Å²) in [5.74, 6) is 1.69. The summed E-state index contributed by atoms with van der Waals surface area (Å²) in [6, 6.07) is 6.42. The number of ether oxygens (including phenoxy) is 1. The third-order valence-electron chi connectivity index (χ3n) is 5.04. The predicted molar refractivity (Wildman–Crippen MR) is 105 cm³/mol. The van der Waals surface area contributed by atoms with Crippen molar-refractivity contribution in [3.8, 4) is 0 Å². The molecule has 0 spiro atoms. The Morgan fingerprint density at radius 2 is 2.00 bits per heavy atom. The van der Waals surface area contributed by atoms with Gasteiger partial charge in [-0.3, -0.25) is 0 Å². The van der Waals surface area contributed by atoms with E-state index >= 15 is 0 Å². The van der Waals surface area contributed by atoms with E-state index in [1.165, 1.54) is 5.56 Å². The molecule has 1 aliphatic heterocycles. The van der Waals surface area contributed by atoms with E-state index in [4.69, 9.17) is 4.74 Å². The van der Waals surface area contributed by atoms with Gasteiger partial charge >= 0.3 is 0 Å². The fourth-order valence-electron chi connectivity index (χ4n) is 3.37. The molecule has 0 bridgehead atoms. The maximum absolute atomic E-state index is 5.59. The van der Waals surface area contributed by atoms with Crippen molar-refractivity contribution in [2.75, 3.05) is 18.5 Å². The standard InChI is InChI=1S/C20H26N6O/c1-14-25-18-8-15(5-6-19(18)26(14)2)9-21-10-16-11-22-20(23-12-16)24-13-17-4-3-7-27-17/h5-6,8,11-12,17,21H,3-4,7,9-10,13H2,1-2H3,(H,22,23,24).